The standard InChI is InChI=1S/C15H19NO3S/c1-9-7-12(20-10(9)2)13(17)16-5-3-15(4-6-16)8-11(15)14(18)19/h7,11H,3-6,8H2,1-2H3,(H,18,19). The van der Waals surface area contributed by atoms with Crippen LogP contribution >= 0.6 is 11.3 Å². The van der Waals surface area contributed by atoms with Gasteiger partial charge in [-0.1, -0.05) is 0 Å². The van der Waals surface area contributed by atoms with Gasteiger partial charge >= 0.3 is 5.97 Å². The predicted molar refractivity (Wildman–Crippen MR) is 77.1 cm³/mol. The first-order valence-electron chi connectivity index (χ1n) is 7.02. The van der Waals surface area contributed by atoms with E-state index in [1.165, 1.54) is 10.4 Å². The van der Waals surface area contributed by atoms with Gasteiger partial charge in [-0.2, -0.15) is 0 Å². The molecule has 2 heterocycles. The third-order valence-electron chi connectivity index (χ3n) is 4.91. The zero-order valence-corrected chi connectivity index (χ0v) is 12.6. The summed E-state index contributed by atoms with van der Waals surface area (Å²) >= 11 is 1.55. The monoisotopic (exact) mass is 293 g/mol. The lowest BCUT2D eigenvalue weighted by Crippen LogP contribution is -2.39. The van der Waals surface area contributed by atoms with Crippen LogP contribution in [0.2, 0.25) is 0 Å². The highest BCUT2D eigenvalue weighted by Gasteiger charge is 2.59. The van der Waals surface area contributed by atoms with Gasteiger partial charge in [-0.05, 0) is 50.2 Å². The predicted octanol–water partition coefficient (Wildman–Crippen LogP) is 2.69. The molecule has 5 heteroatoms. The molecule has 1 aliphatic carbocycles. The maximum absolute atomic E-state index is 12.4. The zero-order chi connectivity index (χ0) is 14.5. The highest BCUT2D eigenvalue weighted by molar-refractivity contribution is 7.14. The summed E-state index contributed by atoms with van der Waals surface area (Å²) in [4.78, 5) is 27.3. The number of carboxylic acids is 1. The highest BCUT2D eigenvalue weighted by atomic mass is 32.1. The maximum atomic E-state index is 12.4. The molecule has 1 spiro atoms. The Labute approximate surface area is 122 Å². The minimum atomic E-state index is -0.672. The van der Waals surface area contributed by atoms with Crippen LogP contribution in [0.15, 0.2) is 6.07 Å². The first-order chi connectivity index (χ1) is 9.43. The third kappa shape index (κ3) is 2.14. The second kappa shape index (κ2) is 4.58. The summed E-state index contributed by atoms with van der Waals surface area (Å²) in [5, 5.41) is 9.08. The molecule has 2 aliphatic rings. The molecule has 1 N–H and O–H groups in total. The van der Waals surface area contributed by atoms with Crippen molar-refractivity contribution in [2.75, 3.05) is 13.1 Å². The van der Waals surface area contributed by atoms with Crippen LogP contribution in [0, 0.1) is 25.2 Å². The molecule has 1 aromatic heterocycles. The largest absolute Gasteiger partial charge is 0.481 e. The van der Waals surface area contributed by atoms with Gasteiger partial charge < -0.3 is 10.0 Å². The summed E-state index contributed by atoms with van der Waals surface area (Å²) in [6.07, 6.45) is 2.46. The first-order valence-corrected chi connectivity index (χ1v) is 7.84. The van der Waals surface area contributed by atoms with Crippen molar-refractivity contribution in [2.45, 2.75) is 33.1 Å². The van der Waals surface area contributed by atoms with Gasteiger partial charge in [0, 0.05) is 18.0 Å². The Morgan fingerprint density at radius 3 is 2.45 bits per heavy atom. The number of piperidine rings is 1. The van der Waals surface area contributed by atoms with Crippen LogP contribution in [0.3, 0.4) is 0 Å². The summed E-state index contributed by atoms with van der Waals surface area (Å²) in [5.74, 6) is -0.742. The molecule has 1 aliphatic heterocycles. The first kappa shape index (κ1) is 13.6. The van der Waals surface area contributed by atoms with Crippen molar-refractivity contribution in [3.05, 3.63) is 21.4 Å². The fourth-order valence-corrected chi connectivity index (χ4v) is 4.24. The van der Waals surface area contributed by atoms with E-state index in [4.69, 9.17) is 5.11 Å². The zero-order valence-electron chi connectivity index (χ0n) is 11.8. The van der Waals surface area contributed by atoms with Crippen LogP contribution in [-0.2, 0) is 4.79 Å². The number of nitrogens with zero attached hydrogens (tertiary/aromatic N) is 1. The molecule has 20 heavy (non-hydrogen) atoms. The number of thiophene rings is 1. The van der Waals surface area contributed by atoms with E-state index in [1.807, 2.05) is 24.8 Å². The van der Waals surface area contributed by atoms with Crippen LogP contribution in [0.5, 0.6) is 0 Å². The van der Waals surface area contributed by atoms with Gasteiger partial charge in [0.25, 0.3) is 5.91 Å². The van der Waals surface area contributed by atoms with Crippen molar-refractivity contribution >= 4 is 23.2 Å². The molecule has 2 fully saturated rings. The minimum Gasteiger partial charge on any atom is -0.481 e. The lowest BCUT2D eigenvalue weighted by Gasteiger charge is -2.32. The molecule has 0 radical (unpaired) electrons. The number of hydrogen-bond acceptors (Lipinski definition) is 3. The van der Waals surface area contributed by atoms with Gasteiger partial charge in [-0.25, -0.2) is 0 Å². The van der Waals surface area contributed by atoms with Gasteiger partial charge in [0.15, 0.2) is 0 Å². The summed E-state index contributed by atoms with van der Waals surface area (Å²) in [6.45, 7) is 5.44. The number of amides is 1. The molecule has 0 aromatic carbocycles. The number of rotatable bonds is 2. The van der Waals surface area contributed by atoms with Crippen LogP contribution < -0.4 is 0 Å². The second-order valence-electron chi connectivity index (χ2n) is 6.10. The Morgan fingerprint density at radius 2 is 2.00 bits per heavy atom. The number of likely N-dealkylation sites (tertiary alicyclic amines) is 1. The molecule has 1 aromatic rings. The van der Waals surface area contributed by atoms with Crippen LogP contribution in [0.1, 0.15) is 39.4 Å². The van der Waals surface area contributed by atoms with Gasteiger partial charge in [-0.15, -0.1) is 11.3 Å². The van der Waals surface area contributed by atoms with E-state index >= 15 is 0 Å². The molecule has 1 saturated heterocycles. The average molecular weight is 293 g/mol. The molecular formula is C15H19NO3S. The molecule has 1 amide bonds. The Bertz CT molecular complexity index is 550. The number of aryl methyl sites for hydroxylation is 2. The van der Waals surface area contributed by atoms with E-state index in [1.54, 1.807) is 11.3 Å². The summed E-state index contributed by atoms with van der Waals surface area (Å²) in [7, 11) is 0. The van der Waals surface area contributed by atoms with E-state index < -0.39 is 5.97 Å². The van der Waals surface area contributed by atoms with E-state index in [-0.39, 0.29) is 17.2 Å². The fraction of sp³-hybridized carbons (Fsp3) is 0.600. The normalized spacial score (nSPS) is 23.9. The molecule has 1 unspecified atom stereocenters. The van der Waals surface area contributed by atoms with Gasteiger partial charge in [0.2, 0.25) is 0 Å². The van der Waals surface area contributed by atoms with Crippen molar-refractivity contribution in [1.29, 1.82) is 0 Å². The van der Waals surface area contributed by atoms with Crippen LogP contribution in [0.25, 0.3) is 0 Å². The highest BCUT2D eigenvalue weighted by Crippen LogP contribution is 2.59. The van der Waals surface area contributed by atoms with Crippen molar-refractivity contribution in [3.8, 4) is 0 Å². The van der Waals surface area contributed by atoms with Gasteiger partial charge in [-0.3, -0.25) is 9.59 Å². The van der Waals surface area contributed by atoms with Gasteiger partial charge in [0.1, 0.15) is 0 Å². The van der Waals surface area contributed by atoms with E-state index in [0.717, 1.165) is 24.1 Å². The molecule has 4 nitrogen and oxygen atoms in total. The molecule has 3 rings (SSSR count). The number of carbonyl (C=O) groups excluding carboxylic acids is 1. The smallest absolute Gasteiger partial charge is 0.307 e. The molecule has 1 atom stereocenters. The number of carboxylic acid groups (broad SMARTS) is 1. The average Bonchev–Trinajstić information content (AvgIpc) is 3.01. The Balaban J connectivity index is 1.64. The van der Waals surface area contributed by atoms with Crippen LogP contribution in [-0.4, -0.2) is 35.0 Å². The maximum Gasteiger partial charge on any atom is 0.307 e. The Kier molecular flexibility index (Phi) is 3.12. The molecule has 0 bridgehead atoms. The molecule has 108 valence electrons. The Morgan fingerprint density at radius 1 is 1.35 bits per heavy atom. The molecule has 1 saturated carbocycles. The van der Waals surface area contributed by atoms with E-state index in [9.17, 15) is 9.59 Å². The van der Waals surface area contributed by atoms with Crippen molar-refractivity contribution in [2.24, 2.45) is 11.3 Å². The van der Waals surface area contributed by atoms with Crippen molar-refractivity contribution < 1.29 is 14.7 Å². The van der Waals surface area contributed by atoms with E-state index in [2.05, 4.69) is 0 Å². The summed E-state index contributed by atoms with van der Waals surface area (Å²) < 4.78 is 0. The lowest BCUT2D eigenvalue weighted by molar-refractivity contribution is -0.139. The quantitative estimate of drug-likeness (QED) is 0.912. The van der Waals surface area contributed by atoms with Gasteiger partial charge in [0.05, 0.1) is 10.8 Å². The van der Waals surface area contributed by atoms with Crippen LogP contribution in [0.4, 0.5) is 0 Å². The second-order valence-corrected chi connectivity index (χ2v) is 7.36. The number of aliphatic carboxylic acids is 1. The third-order valence-corrected chi connectivity index (χ3v) is 6.05. The number of hydrogen-bond donors (Lipinski definition) is 1. The molecular weight excluding hydrogens is 274 g/mol. The van der Waals surface area contributed by atoms with Crippen molar-refractivity contribution in [3.63, 3.8) is 0 Å². The lowest BCUT2D eigenvalue weighted by atomic mass is 9.91. The topological polar surface area (TPSA) is 57.6 Å². The minimum absolute atomic E-state index is 0.0100. The van der Waals surface area contributed by atoms with E-state index in [0.29, 0.717) is 13.1 Å². The Hall–Kier alpha value is -1.36. The fourth-order valence-electron chi connectivity index (χ4n) is 3.24. The SMILES string of the molecule is Cc1cc(C(=O)N2CCC3(CC2)CC3C(=O)O)sc1C. The van der Waals surface area contributed by atoms with Crippen molar-refractivity contribution in [1.82, 2.24) is 4.90 Å². The summed E-state index contributed by atoms with van der Waals surface area (Å²) in [6, 6.07) is 1.96. The number of carbonyl (C=O) groups is 2. The summed E-state index contributed by atoms with van der Waals surface area (Å²) in [5.41, 5.74) is 1.16.